The minimum absolute atomic E-state index is 0.0371. The summed E-state index contributed by atoms with van der Waals surface area (Å²) in [5.41, 5.74) is 1.28. The van der Waals surface area contributed by atoms with Crippen LogP contribution in [0.1, 0.15) is 27.0 Å². The topological polar surface area (TPSA) is 131 Å². The average Bonchev–Trinajstić information content (AvgIpc) is 3.01. The molecule has 0 atom stereocenters. The number of phenolic OH excluding ortho intramolecular Hbond substituents is 2. The number of thiocarbonyl (C=S) groups is 1. The van der Waals surface area contributed by atoms with Crippen LogP contribution in [0.5, 0.6) is 23.0 Å². The van der Waals surface area contributed by atoms with Crippen LogP contribution in [0.4, 0.5) is 0 Å². The molecular formula is C21H12N2O7S. The first kappa shape index (κ1) is 20.0. The molecule has 10 heteroatoms. The highest BCUT2D eigenvalue weighted by Gasteiger charge is 2.53. The number of ether oxygens (including phenoxy) is 2. The zero-order valence-electron chi connectivity index (χ0n) is 15.5. The van der Waals surface area contributed by atoms with E-state index in [1.165, 1.54) is 24.3 Å². The van der Waals surface area contributed by atoms with Gasteiger partial charge in [-0.05, 0) is 30.3 Å². The molecule has 0 saturated heterocycles. The first-order valence-electron chi connectivity index (χ1n) is 8.76. The molecule has 0 radical (unpaired) electrons. The van der Waals surface area contributed by atoms with Gasteiger partial charge in [0.15, 0.2) is 5.60 Å². The number of benzene rings is 3. The number of phenols is 2. The molecule has 3 aromatic rings. The summed E-state index contributed by atoms with van der Waals surface area (Å²) in [6.07, 6.45) is 0. The molecular weight excluding hydrogens is 424 g/mol. The largest absolute Gasteiger partial charge is 0.508 e. The third kappa shape index (κ3) is 3.25. The van der Waals surface area contributed by atoms with Crippen LogP contribution in [0.25, 0.3) is 0 Å². The smallest absolute Gasteiger partial charge is 0.340 e. The van der Waals surface area contributed by atoms with Crippen LogP contribution >= 0.6 is 12.2 Å². The van der Waals surface area contributed by atoms with Crippen molar-refractivity contribution >= 4 is 23.3 Å². The van der Waals surface area contributed by atoms with Gasteiger partial charge in [0, 0.05) is 41.0 Å². The predicted molar refractivity (Wildman–Crippen MR) is 110 cm³/mol. The summed E-state index contributed by atoms with van der Waals surface area (Å²) in [6.45, 7) is 0. The highest BCUT2D eigenvalue weighted by atomic mass is 32.1. The number of nitrogens with zero attached hydrogens (tertiary/aromatic N) is 2. The lowest BCUT2D eigenvalue weighted by Gasteiger charge is -2.36. The molecule has 0 unspecified atom stereocenters. The molecule has 2 aliphatic heterocycles. The van der Waals surface area contributed by atoms with Gasteiger partial charge in [-0.15, -0.1) is 0 Å². The van der Waals surface area contributed by atoms with Crippen LogP contribution < -0.4 is 4.74 Å². The summed E-state index contributed by atoms with van der Waals surface area (Å²) in [6, 6.07) is 16.6. The van der Waals surface area contributed by atoms with Gasteiger partial charge in [0.25, 0.3) is 0 Å². The molecule has 0 bridgehead atoms. The zero-order valence-corrected chi connectivity index (χ0v) is 16.3. The summed E-state index contributed by atoms with van der Waals surface area (Å²) in [5.74, 6) is 0.408. The lowest BCUT2D eigenvalue weighted by Crippen LogP contribution is -2.32. The van der Waals surface area contributed by atoms with E-state index in [2.05, 4.69) is 17.3 Å². The van der Waals surface area contributed by atoms with Gasteiger partial charge in [0.1, 0.15) is 33.3 Å². The van der Waals surface area contributed by atoms with Crippen LogP contribution in [0.15, 0.2) is 65.8 Å². The van der Waals surface area contributed by atoms with Crippen LogP contribution in [0, 0.1) is 10.1 Å². The van der Waals surface area contributed by atoms with E-state index in [-0.39, 0.29) is 11.5 Å². The maximum atomic E-state index is 12.5. The van der Waals surface area contributed by atoms with Crippen molar-refractivity contribution < 1.29 is 29.5 Å². The van der Waals surface area contributed by atoms with E-state index in [1.54, 1.807) is 29.4 Å². The molecule has 31 heavy (non-hydrogen) atoms. The van der Waals surface area contributed by atoms with Crippen molar-refractivity contribution in [1.29, 1.82) is 0 Å². The summed E-state index contributed by atoms with van der Waals surface area (Å²) < 4.78 is 11.8. The first-order chi connectivity index (χ1) is 14.9. The molecule has 2 heterocycles. The summed E-state index contributed by atoms with van der Waals surface area (Å²) in [7, 11) is 0. The Bertz CT molecular complexity index is 1230. The number of hydrogen-bond donors (Lipinski definition) is 2. The van der Waals surface area contributed by atoms with Crippen LogP contribution in [-0.4, -0.2) is 26.4 Å². The van der Waals surface area contributed by atoms with Crippen LogP contribution in [0.3, 0.4) is 0 Å². The van der Waals surface area contributed by atoms with Gasteiger partial charge in [-0.3, -0.25) is 0 Å². The highest BCUT2D eigenvalue weighted by molar-refractivity contribution is 7.78. The molecule has 9 nitrogen and oxygen atoms in total. The number of aromatic hydroxyl groups is 2. The molecule has 0 aliphatic carbocycles. The number of carbonyl (C=O) groups is 1. The van der Waals surface area contributed by atoms with Crippen molar-refractivity contribution in [3.8, 4) is 23.0 Å². The molecule has 5 rings (SSSR count). The maximum Gasteiger partial charge on any atom is 0.340 e. The Labute approximate surface area is 179 Å². The van der Waals surface area contributed by atoms with E-state index in [1.807, 2.05) is 12.1 Å². The fourth-order valence-electron chi connectivity index (χ4n) is 3.69. The number of isothiocyanates is 1. The monoisotopic (exact) mass is 436 g/mol. The number of hydrogen-bond acceptors (Lipinski definition) is 8. The highest BCUT2D eigenvalue weighted by Crippen LogP contribution is 2.56. The minimum Gasteiger partial charge on any atom is -0.508 e. The number of fused-ring (bicyclic) bond motifs is 6. The van der Waals surface area contributed by atoms with Crippen LogP contribution in [-0.2, 0) is 10.3 Å². The summed E-state index contributed by atoms with van der Waals surface area (Å²) in [5, 5.41) is 31.9. The Balaban J connectivity index is 0.000000342. The van der Waals surface area contributed by atoms with Gasteiger partial charge in [0.2, 0.25) is 5.03 Å². The Hall–Kier alpha value is -4.27. The zero-order chi connectivity index (χ0) is 22.2. The molecule has 1 spiro atoms. The Morgan fingerprint density at radius 1 is 0.968 bits per heavy atom. The minimum atomic E-state index is -1.17. The number of esters is 1. The Kier molecular flexibility index (Phi) is 4.86. The SMILES string of the molecule is O=C1OC2(c3ccc(O)cc3Oc3cc(O)ccc32)c2ccccc21.O=[N+]([O-])N=C=S. The van der Waals surface area contributed by atoms with Crippen molar-refractivity contribution in [3.63, 3.8) is 0 Å². The molecule has 3 aromatic carbocycles. The first-order valence-corrected chi connectivity index (χ1v) is 9.17. The molecule has 2 N–H and O–H groups in total. The van der Waals surface area contributed by atoms with Crippen molar-refractivity contribution in [3.05, 3.63) is 93.0 Å². The molecule has 0 aromatic heterocycles. The Morgan fingerprint density at radius 3 is 2.06 bits per heavy atom. The molecule has 154 valence electrons. The number of rotatable bonds is 1. The predicted octanol–water partition coefficient (Wildman–Crippen LogP) is 3.95. The van der Waals surface area contributed by atoms with Crippen molar-refractivity contribution in [1.82, 2.24) is 0 Å². The molecule has 2 aliphatic rings. The van der Waals surface area contributed by atoms with Gasteiger partial charge in [-0.2, -0.15) is 0 Å². The third-order valence-corrected chi connectivity index (χ3v) is 4.89. The van der Waals surface area contributed by atoms with E-state index in [9.17, 15) is 15.0 Å². The second kappa shape index (κ2) is 7.52. The normalized spacial score (nSPS) is 13.9. The van der Waals surface area contributed by atoms with Gasteiger partial charge >= 0.3 is 5.97 Å². The second-order valence-electron chi connectivity index (χ2n) is 6.51. The second-order valence-corrected chi connectivity index (χ2v) is 6.69. The van der Waals surface area contributed by atoms with Crippen molar-refractivity contribution in [2.75, 3.05) is 0 Å². The maximum absolute atomic E-state index is 12.5. The number of nitro groups is 1. The van der Waals surface area contributed by atoms with Crippen molar-refractivity contribution in [2.45, 2.75) is 5.60 Å². The van der Waals surface area contributed by atoms with E-state index in [0.717, 1.165) is 0 Å². The van der Waals surface area contributed by atoms with Gasteiger partial charge in [-0.25, -0.2) is 14.9 Å². The van der Waals surface area contributed by atoms with E-state index < -0.39 is 16.6 Å². The van der Waals surface area contributed by atoms with E-state index in [0.29, 0.717) is 33.8 Å². The molecule has 0 saturated carbocycles. The summed E-state index contributed by atoms with van der Waals surface area (Å²) >= 11 is 3.87. The van der Waals surface area contributed by atoms with E-state index in [4.69, 9.17) is 19.6 Å². The molecule has 0 amide bonds. The van der Waals surface area contributed by atoms with Crippen LogP contribution in [0.2, 0.25) is 0 Å². The lowest BCUT2D eigenvalue weighted by molar-refractivity contribution is -0.483. The van der Waals surface area contributed by atoms with Crippen molar-refractivity contribution in [2.24, 2.45) is 5.10 Å². The number of carbonyl (C=O) groups excluding carboxylic acids is 1. The fraction of sp³-hybridized carbons (Fsp3) is 0.0476. The van der Waals surface area contributed by atoms with Gasteiger partial charge < -0.3 is 19.7 Å². The quantitative estimate of drug-likeness (QED) is 0.193. The third-order valence-electron chi connectivity index (χ3n) is 4.80. The summed E-state index contributed by atoms with van der Waals surface area (Å²) in [4.78, 5) is 21.6. The number of hydrazone groups is 1. The average molecular weight is 436 g/mol. The van der Waals surface area contributed by atoms with E-state index >= 15 is 0 Å². The lowest BCUT2D eigenvalue weighted by atomic mass is 9.77. The standard InChI is InChI=1S/C20H12O5.CN2O2S/c21-11-5-7-15-17(9-11)24-18-10-12(22)6-8-16(18)20(15)14-4-2-1-3-13(14)19(23)25-20;4-3(5)2-1-6/h1-10,21-22H;. The van der Waals surface area contributed by atoms with Gasteiger partial charge in [0.05, 0.1) is 5.56 Å². The fourth-order valence-corrected chi connectivity index (χ4v) is 3.75. The Morgan fingerprint density at radius 2 is 1.55 bits per heavy atom. The molecule has 0 fully saturated rings. The van der Waals surface area contributed by atoms with Gasteiger partial charge in [-0.1, -0.05) is 18.2 Å².